The Bertz CT molecular complexity index is 910. The van der Waals surface area contributed by atoms with Gasteiger partial charge in [0.05, 0.1) is 26.2 Å². The Morgan fingerprint density at radius 2 is 1.02 bits per heavy atom. The van der Waals surface area contributed by atoms with Gasteiger partial charge in [0.15, 0.2) is 6.10 Å². The van der Waals surface area contributed by atoms with Crippen molar-refractivity contribution in [3.63, 3.8) is 0 Å². The zero-order valence-corrected chi connectivity index (χ0v) is 33.2. The van der Waals surface area contributed by atoms with Crippen molar-refractivity contribution >= 4 is 19.8 Å². The van der Waals surface area contributed by atoms with Crippen LogP contribution in [0.1, 0.15) is 181 Å². The number of allylic oxidation sites excluding steroid dienone is 3. The van der Waals surface area contributed by atoms with Crippen molar-refractivity contribution in [2.45, 2.75) is 193 Å². The molecule has 0 aliphatic carbocycles. The average Bonchev–Trinajstić information content (AvgIpc) is 3.12. The van der Waals surface area contributed by atoms with Crippen LogP contribution in [-0.4, -0.2) is 65.7 Å². The second-order valence-corrected chi connectivity index (χ2v) is 15.1. The molecule has 1 unspecified atom stereocenters. The van der Waals surface area contributed by atoms with Crippen molar-refractivity contribution in [2.24, 2.45) is 0 Å². The second-order valence-electron chi connectivity index (χ2n) is 13.7. The van der Waals surface area contributed by atoms with Crippen molar-refractivity contribution in [1.82, 2.24) is 0 Å². The first-order chi connectivity index (χ1) is 24.7. The molecule has 0 aliphatic rings. The Hall–Kier alpha value is -1.55. The van der Waals surface area contributed by atoms with E-state index in [0.717, 1.165) is 51.4 Å². The number of esters is 2. The van der Waals surface area contributed by atoms with E-state index in [2.05, 4.69) is 30.5 Å². The monoisotopic (exact) mass is 747 g/mol. The first kappa shape index (κ1) is 49.5. The van der Waals surface area contributed by atoms with Crippen molar-refractivity contribution in [3.05, 3.63) is 24.3 Å². The van der Waals surface area contributed by atoms with Crippen LogP contribution in [0.2, 0.25) is 0 Å². The van der Waals surface area contributed by atoms with Gasteiger partial charge in [-0.3, -0.25) is 18.6 Å². The van der Waals surface area contributed by atoms with E-state index in [1.54, 1.807) is 6.08 Å². The molecule has 0 bridgehead atoms. The number of unbranched alkanes of at least 4 members (excludes halogenated alkanes) is 21. The molecular formula is C40H75O10P. The summed E-state index contributed by atoms with van der Waals surface area (Å²) in [6, 6.07) is 0. The maximum atomic E-state index is 12.5. The molecule has 0 rings (SSSR count). The van der Waals surface area contributed by atoms with E-state index in [-0.39, 0.29) is 19.4 Å². The molecule has 0 aromatic rings. The molecule has 0 aliphatic heterocycles. The molecule has 300 valence electrons. The van der Waals surface area contributed by atoms with Crippen LogP contribution >= 0.6 is 7.82 Å². The van der Waals surface area contributed by atoms with Crippen molar-refractivity contribution in [2.75, 3.05) is 26.4 Å². The molecule has 0 amide bonds. The van der Waals surface area contributed by atoms with Gasteiger partial charge in [0.1, 0.15) is 12.7 Å². The fourth-order valence-corrected chi connectivity index (χ4v) is 6.23. The molecule has 0 aromatic heterocycles. The largest absolute Gasteiger partial charge is 0.472 e. The molecule has 3 N–H and O–H groups in total. The highest BCUT2D eigenvalue weighted by Gasteiger charge is 2.27. The summed E-state index contributed by atoms with van der Waals surface area (Å²) in [5.74, 6) is -1.03. The van der Waals surface area contributed by atoms with Gasteiger partial charge in [-0.05, 0) is 44.9 Å². The first-order valence-corrected chi connectivity index (χ1v) is 21.8. The summed E-state index contributed by atoms with van der Waals surface area (Å²) >= 11 is 0. The molecule has 10 nitrogen and oxygen atoms in total. The minimum absolute atomic E-state index is 0.00704. The normalized spacial score (nSPS) is 14.2. The second kappa shape index (κ2) is 36.8. The Labute approximate surface area is 310 Å². The Balaban J connectivity index is 4.38. The molecule has 0 saturated heterocycles. The maximum Gasteiger partial charge on any atom is 0.472 e. The Morgan fingerprint density at radius 1 is 0.588 bits per heavy atom. The SMILES string of the molecule is CCCCCCCC/C=C\CCCCCCCC(=O)OC[C@H](COP(=O)(O)OC[C@@H](O)CO)OC(=O)C/C=C/CCCCCCCCCCCC. The van der Waals surface area contributed by atoms with Crippen LogP contribution in [0, 0.1) is 0 Å². The number of phosphoric acid groups is 1. The number of phosphoric ester groups is 1. The fourth-order valence-electron chi connectivity index (χ4n) is 5.44. The van der Waals surface area contributed by atoms with Crippen molar-refractivity contribution in [1.29, 1.82) is 0 Å². The number of carbonyl (C=O) groups is 2. The quantitative estimate of drug-likeness (QED) is 0.0241. The van der Waals surface area contributed by atoms with Crippen LogP contribution in [0.5, 0.6) is 0 Å². The number of aliphatic hydroxyl groups excluding tert-OH is 2. The molecule has 0 fully saturated rings. The van der Waals surface area contributed by atoms with Crippen LogP contribution in [0.3, 0.4) is 0 Å². The standard InChI is InChI=1S/C40H75O10P/c1-3-5-7-9-11-13-15-17-18-20-21-23-25-27-29-31-39(43)47-35-38(36-49-51(45,46)48-34-37(42)33-41)50-40(44)32-30-28-26-24-22-19-16-14-12-10-8-6-4-2/h17-18,28,30,37-38,41-42H,3-16,19-27,29,31-36H2,1-2H3,(H,45,46)/b18-17-,30-28+/t37-,38+/m0/s1. The lowest BCUT2D eigenvalue weighted by atomic mass is 10.1. The van der Waals surface area contributed by atoms with E-state index in [1.165, 1.54) is 96.3 Å². The topological polar surface area (TPSA) is 149 Å². The number of rotatable bonds is 38. The summed E-state index contributed by atoms with van der Waals surface area (Å²) in [6.45, 7) is 2.30. The number of hydrogen-bond donors (Lipinski definition) is 3. The number of carbonyl (C=O) groups excluding carboxylic acids is 2. The smallest absolute Gasteiger partial charge is 0.462 e. The third-order valence-corrected chi connectivity index (χ3v) is 9.56. The third kappa shape index (κ3) is 36.6. The molecule has 0 heterocycles. The van der Waals surface area contributed by atoms with Gasteiger partial charge in [0.25, 0.3) is 0 Å². The van der Waals surface area contributed by atoms with Gasteiger partial charge in [0.2, 0.25) is 0 Å². The third-order valence-electron chi connectivity index (χ3n) is 8.61. The fraction of sp³-hybridized carbons (Fsp3) is 0.850. The first-order valence-electron chi connectivity index (χ1n) is 20.3. The van der Waals surface area contributed by atoms with E-state index in [9.17, 15) is 24.2 Å². The predicted molar refractivity (Wildman–Crippen MR) is 205 cm³/mol. The Kier molecular flexibility index (Phi) is 35.7. The molecule has 11 heteroatoms. The summed E-state index contributed by atoms with van der Waals surface area (Å²) in [4.78, 5) is 34.8. The number of hydrogen-bond acceptors (Lipinski definition) is 9. The number of ether oxygens (including phenoxy) is 2. The van der Waals surface area contributed by atoms with Gasteiger partial charge >= 0.3 is 19.8 Å². The van der Waals surface area contributed by atoms with Gasteiger partial charge in [0, 0.05) is 6.42 Å². The van der Waals surface area contributed by atoms with Gasteiger partial charge < -0.3 is 24.6 Å². The van der Waals surface area contributed by atoms with Crippen molar-refractivity contribution < 1.29 is 47.8 Å². The van der Waals surface area contributed by atoms with Crippen LogP contribution in [0.25, 0.3) is 0 Å². The minimum Gasteiger partial charge on any atom is -0.462 e. The molecule has 0 aromatic carbocycles. The lowest BCUT2D eigenvalue weighted by Crippen LogP contribution is -2.29. The van der Waals surface area contributed by atoms with E-state index in [4.69, 9.17) is 19.1 Å². The molecular weight excluding hydrogens is 671 g/mol. The summed E-state index contributed by atoms with van der Waals surface area (Å²) in [5.41, 5.74) is 0. The zero-order chi connectivity index (χ0) is 37.7. The lowest BCUT2D eigenvalue weighted by molar-refractivity contribution is -0.160. The molecule has 3 atom stereocenters. The predicted octanol–water partition coefficient (Wildman–Crippen LogP) is 10.2. The van der Waals surface area contributed by atoms with Crippen LogP contribution < -0.4 is 0 Å². The molecule has 0 radical (unpaired) electrons. The number of aliphatic hydroxyl groups is 2. The van der Waals surface area contributed by atoms with Crippen LogP contribution in [-0.2, 0) is 32.7 Å². The molecule has 51 heavy (non-hydrogen) atoms. The zero-order valence-electron chi connectivity index (χ0n) is 32.3. The molecule has 0 spiro atoms. The summed E-state index contributed by atoms with van der Waals surface area (Å²) in [6.07, 6.45) is 34.5. The van der Waals surface area contributed by atoms with Crippen molar-refractivity contribution in [3.8, 4) is 0 Å². The highest BCUT2D eigenvalue weighted by atomic mass is 31.2. The van der Waals surface area contributed by atoms with Gasteiger partial charge in [-0.2, -0.15) is 0 Å². The van der Waals surface area contributed by atoms with E-state index in [1.807, 2.05) is 6.08 Å². The Morgan fingerprint density at radius 3 is 1.51 bits per heavy atom. The minimum atomic E-state index is -4.62. The van der Waals surface area contributed by atoms with E-state index in [0.29, 0.717) is 6.42 Å². The van der Waals surface area contributed by atoms with Gasteiger partial charge in [-0.15, -0.1) is 0 Å². The maximum absolute atomic E-state index is 12.5. The lowest BCUT2D eigenvalue weighted by Gasteiger charge is -2.20. The van der Waals surface area contributed by atoms with Gasteiger partial charge in [-0.25, -0.2) is 4.57 Å². The van der Waals surface area contributed by atoms with Crippen LogP contribution in [0.15, 0.2) is 24.3 Å². The summed E-state index contributed by atoms with van der Waals surface area (Å²) < 4.78 is 32.5. The van der Waals surface area contributed by atoms with E-state index < -0.39 is 51.8 Å². The summed E-state index contributed by atoms with van der Waals surface area (Å²) in [5, 5.41) is 18.3. The van der Waals surface area contributed by atoms with E-state index >= 15 is 0 Å². The van der Waals surface area contributed by atoms with Crippen LogP contribution in [0.4, 0.5) is 0 Å². The average molecular weight is 747 g/mol. The van der Waals surface area contributed by atoms with Gasteiger partial charge in [-0.1, -0.05) is 147 Å². The molecule has 0 saturated carbocycles. The summed E-state index contributed by atoms with van der Waals surface area (Å²) in [7, 11) is -4.62. The highest BCUT2D eigenvalue weighted by molar-refractivity contribution is 7.47. The highest BCUT2D eigenvalue weighted by Crippen LogP contribution is 2.43.